The first kappa shape index (κ1) is 13.0. The molecule has 2 aliphatic heterocycles. The van der Waals surface area contributed by atoms with E-state index in [-0.39, 0.29) is 18.8 Å². The minimum Gasteiger partial charge on any atom is -0.393 e. The fourth-order valence-corrected chi connectivity index (χ4v) is 2.67. The normalized spacial score (nSPS) is 31.5. The molecule has 0 aliphatic carbocycles. The third-order valence-electron chi connectivity index (χ3n) is 3.30. The third kappa shape index (κ3) is 3.08. The molecule has 0 spiro atoms. The number of nitrogens with two attached hydrogens (primary N) is 1. The second-order valence-corrected chi connectivity index (χ2v) is 5.14. The molecule has 3 unspecified atom stereocenters. The summed E-state index contributed by atoms with van der Waals surface area (Å²) in [5.41, 5.74) is 5.18. The van der Waals surface area contributed by atoms with Crippen LogP contribution in [0.1, 0.15) is 12.8 Å². The van der Waals surface area contributed by atoms with Crippen molar-refractivity contribution in [2.75, 3.05) is 19.6 Å². The highest BCUT2D eigenvalue weighted by Crippen LogP contribution is 2.31. The molecule has 3 nitrogen and oxygen atoms in total. The number of thiocarbonyl (C=S) groups is 1. The van der Waals surface area contributed by atoms with Crippen LogP contribution in [0.2, 0.25) is 0 Å². The summed E-state index contributed by atoms with van der Waals surface area (Å²) in [6.45, 7) is 0.951. The van der Waals surface area contributed by atoms with Gasteiger partial charge >= 0.3 is 6.18 Å². The molecule has 2 bridgehead atoms. The van der Waals surface area contributed by atoms with Crippen LogP contribution in [0.25, 0.3) is 0 Å². The van der Waals surface area contributed by atoms with Gasteiger partial charge < -0.3 is 10.5 Å². The van der Waals surface area contributed by atoms with Crippen LogP contribution in [0.15, 0.2) is 0 Å². The second-order valence-electron chi connectivity index (χ2n) is 4.67. The lowest BCUT2D eigenvalue weighted by atomic mass is 10.1. The lowest BCUT2D eigenvalue weighted by Crippen LogP contribution is -2.49. The Hall–Kier alpha value is -0.400. The maximum absolute atomic E-state index is 12.7. The van der Waals surface area contributed by atoms with E-state index in [0.29, 0.717) is 13.1 Å². The Balaban J connectivity index is 1.97. The van der Waals surface area contributed by atoms with Gasteiger partial charge in [0.15, 0.2) is 0 Å². The number of fused-ring (bicyclic) bond motifs is 2. The van der Waals surface area contributed by atoms with Crippen LogP contribution in [0.5, 0.6) is 0 Å². The molecule has 0 aromatic heterocycles. The summed E-state index contributed by atoms with van der Waals surface area (Å²) < 4.78 is 43.7. The summed E-state index contributed by atoms with van der Waals surface area (Å²) in [7, 11) is 0. The molecule has 17 heavy (non-hydrogen) atoms. The first-order valence-corrected chi connectivity index (χ1v) is 6.01. The number of likely N-dealkylation sites (tertiary alicyclic amines) is 1. The molecular formula is C10H15F3N2OS. The number of nitrogens with zero attached hydrogens (tertiary/aromatic N) is 1. The minimum absolute atomic E-state index is 0.0778. The molecular weight excluding hydrogens is 253 g/mol. The lowest BCUT2D eigenvalue weighted by molar-refractivity contribution is -0.163. The van der Waals surface area contributed by atoms with E-state index in [4.69, 9.17) is 10.5 Å². The number of morpholine rings is 1. The van der Waals surface area contributed by atoms with Gasteiger partial charge in [-0.1, -0.05) is 12.2 Å². The van der Waals surface area contributed by atoms with Crippen molar-refractivity contribution in [1.29, 1.82) is 0 Å². The first-order chi connectivity index (χ1) is 7.86. The first-order valence-electron chi connectivity index (χ1n) is 5.60. The molecule has 2 saturated heterocycles. The number of ether oxygens (including phenoxy) is 1. The van der Waals surface area contributed by atoms with Crippen LogP contribution in [0.4, 0.5) is 13.2 Å². The van der Waals surface area contributed by atoms with E-state index >= 15 is 0 Å². The Morgan fingerprint density at radius 1 is 1.35 bits per heavy atom. The van der Waals surface area contributed by atoms with Crippen molar-refractivity contribution in [1.82, 2.24) is 4.90 Å². The summed E-state index contributed by atoms with van der Waals surface area (Å²) in [5, 5.41) is 0. The molecule has 98 valence electrons. The zero-order chi connectivity index (χ0) is 12.6. The Labute approximate surface area is 103 Å². The molecule has 0 aromatic rings. The van der Waals surface area contributed by atoms with Crippen LogP contribution in [0, 0.1) is 5.92 Å². The van der Waals surface area contributed by atoms with E-state index < -0.39 is 17.1 Å². The van der Waals surface area contributed by atoms with Crippen LogP contribution in [-0.2, 0) is 4.74 Å². The molecule has 2 heterocycles. The maximum Gasteiger partial charge on any atom is 0.399 e. The number of rotatable bonds is 3. The van der Waals surface area contributed by atoms with E-state index in [2.05, 4.69) is 12.2 Å². The second kappa shape index (κ2) is 4.70. The molecule has 0 aromatic carbocycles. The SMILES string of the molecule is NC(=S)C(CN1CC2CCC(C1)O2)C(F)(F)F. The van der Waals surface area contributed by atoms with Crippen molar-refractivity contribution in [3.63, 3.8) is 0 Å². The number of halogens is 3. The van der Waals surface area contributed by atoms with Crippen molar-refractivity contribution in [2.45, 2.75) is 31.2 Å². The van der Waals surface area contributed by atoms with Gasteiger partial charge in [-0.3, -0.25) is 4.90 Å². The summed E-state index contributed by atoms with van der Waals surface area (Å²) >= 11 is 4.51. The summed E-state index contributed by atoms with van der Waals surface area (Å²) in [5.74, 6) is -1.71. The van der Waals surface area contributed by atoms with Crippen molar-refractivity contribution >= 4 is 17.2 Å². The van der Waals surface area contributed by atoms with E-state index in [1.807, 2.05) is 0 Å². The average molecular weight is 268 g/mol. The van der Waals surface area contributed by atoms with Gasteiger partial charge in [0.25, 0.3) is 0 Å². The fourth-order valence-electron chi connectivity index (χ4n) is 2.46. The van der Waals surface area contributed by atoms with Gasteiger partial charge in [-0.25, -0.2) is 0 Å². The third-order valence-corrected chi connectivity index (χ3v) is 3.58. The molecule has 0 amide bonds. The topological polar surface area (TPSA) is 38.5 Å². The molecule has 2 aliphatic rings. The van der Waals surface area contributed by atoms with Gasteiger partial charge in [0, 0.05) is 19.6 Å². The Morgan fingerprint density at radius 3 is 2.29 bits per heavy atom. The zero-order valence-electron chi connectivity index (χ0n) is 9.24. The largest absolute Gasteiger partial charge is 0.399 e. The fraction of sp³-hybridized carbons (Fsp3) is 0.900. The molecule has 0 saturated carbocycles. The number of hydrogen-bond donors (Lipinski definition) is 1. The van der Waals surface area contributed by atoms with Gasteiger partial charge in [-0.05, 0) is 12.8 Å². The monoisotopic (exact) mass is 268 g/mol. The Morgan fingerprint density at radius 2 is 1.88 bits per heavy atom. The quantitative estimate of drug-likeness (QED) is 0.783. The van der Waals surface area contributed by atoms with Gasteiger partial charge in [-0.15, -0.1) is 0 Å². The Bertz CT molecular complexity index is 298. The number of hydrogen-bond acceptors (Lipinski definition) is 3. The zero-order valence-corrected chi connectivity index (χ0v) is 10.1. The maximum atomic E-state index is 12.7. The van der Waals surface area contributed by atoms with E-state index in [1.165, 1.54) is 0 Å². The summed E-state index contributed by atoms with van der Waals surface area (Å²) in [6, 6.07) is 0. The van der Waals surface area contributed by atoms with Crippen LogP contribution in [0.3, 0.4) is 0 Å². The molecule has 2 rings (SSSR count). The van der Waals surface area contributed by atoms with Crippen LogP contribution >= 0.6 is 12.2 Å². The van der Waals surface area contributed by atoms with Crippen molar-refractivity contribution in [3.8, 4) is 0 Å². The van der Waals surface area contributed by atoms with Crippen LogP contribution < -0.4 is 5.73 Å². The highest BCUT2D eigenvalue weighted by molar-refractivity contribution is 7.80. The van der Waals surface area contributed by atoms with Crippen molar-refractivity contribution in [2.24, 2.45) is 11.7 Å². The van der Waals surface area contributed by atoms with E-state index in [9.17, 15) is 13.2 Å². The molecule has 0 radical (unpaired) electrons. The van der Waals surface area contributed by atoms with Crippen molar-refractivity contribution < 1.29 is 17.9 Å². The highest BCUT2D eigenvalue weighted by Gasteiger charge is 2.44. The average Bonchev–Trinajstić information content (AvgIpc) is 2.52. The molecule has 3 atom stereocenters. The lowest BCUT2D eigenvalue weighted by Gasteiger charge is -2.34. The van der Waals surface area contributed by atoms with E-state index in [1.54, 1.807) is 4.90 Å². The van der Waals surface area contributed by atoms with Gasteiger partial charge in [0.2, 0.25) is 0 Å². The van der Waals surface area contributed by atoms with Crippen molar-refractivity contribution in [3.05, 3.63) is 0 Å². The van der Waals surface area contributed by atoms with E-state index in [0.717, 1.165) is 12.8 Å². The van der Waals surface area contributed by atoms with Gasteiger partial charge in [0.1, 0.15) is 5.92 Å². The molecule has 7 heteroatoms. The molecule has 2 fully saturated rings. The Kier molecular flexibility index (Phi) is 3.61. The standard InChI is InChI=1S/C10H15F3N2OS/c11-10(12,13)8(9(14)17)5-15-3-6-1-2-7(4-15)16-6/h6-8H,1-5H2,(H2,14,17). The van der Waals surface area contributed by atoms with Crippen LogP contribution in [-0.4, -0.2) is 47.9 Å². The van der Waals surface area contributed by atoms with Gasteiger partial charge in [0.05, 0.1) is 17.2 Å². The summed E-state index contributed by atoms with van der Waals surface area (Å²) in [4.78, 5) is 1.29. The predicted molar refractivity (Wildman–Crippen MR) is 60.7 cm³/mol. The summed E-state index contributed by atoms with van der Waals surface area (Å²) in [6.07, 6.45) is -2.33. The minimum atomic E-state index is -4.36. The van der Waals surface area contributed by atoms with Gasteiger partial charge in [-0.2, -0.15) is 13.2 Å². The smallest absolute Gasteiger partial charge is 0.393 e. The highest BCUT2D eigenvalue weighted by atomic mass is 32.1. The predicted octanol–water partition coefficient (Wildman–Crippen LogP) is 1.31. The number of alkyl halides is 3. The molecule has 2 N–H and O–H groups in total.